The Morgan fingerprint density at radius 2 is 1.71 bits per heavy atom. The first-order chi connectivity index (χ1) is 6.79. The highest BCUT2D eigenvalue weighted by molar-refractivity contribution is 4.89. The molecule has 0 spiro atoms. The fourth-order valence-electron chi connectivity index (χ4n) is 2.19. The third kappa shape index (κ3) is 2.96. The Balaban J connectivity index is 2.54. The van der Waals surface area contributed by atoms with E-state index in [9.17, 15) is 5.11 Å². The highest BCUT2D eigenvalue weighted by atomic mass is 16.3. The summed E-state index contributed by atoms with van der Waals surface area (Å²) >= 11 is 0. The molecule has 0 aliphatic heterocycles. The normalized spacial score (nSPS) is 27.6. The van der Waals surface area contributed by atoms with Gasteiger partial charge in [0.05, 0.1) is 6.10 Å². The van der Waals surface area contributed by atoms with Gasteiger partial charge in [0.2, 0.25) is 0 Å². The van der Waals surface area contributed by atoms with E-state index in [0.717, 1.165) is 32.4 Å². The van der Waals surface area contributed by atoms with Crippen LogP contribution in [0, 0.1) is 0 Å². The second-order valence-corrected chi connectivity index (χ2v) is 3.95. The van der Waals surface area contributed by atoms with Crippen LogP contribution in [0.2, 0.25) is 0 Å². The molecule has 1 saturated carbocycles. The minimum atomic E-state index is -0.163. The molecular formula is C12H21NO. The average molecular weight is 195 g/mol. The summed E-state index contributed by atoms with van der Waals surface area (Å²) in [6.07, 6.45) is 8.05. The number of aliphatic hydroxyl groups is 1. The molecule has 0 amide bonds. The lowest BCUT2D eigenvalue weighted by Crippen LogP contribution is -2.45. The standard InChI is InChI=1S/C12H21NO/c1-3-9-13(10-4-2)11-7-5-6-8-12(11)14/h3-4,11-12,14H,1-2,5-10H2. The predicted molar refractivity (Wildman–Crippen MR) is 60.2 cm³/mol. The van der Waals surface area contributed by atoms with Crippen LogP contribution in [0.25, 0.3) is 0 Å². The topological polar surface area (TPSA) is 23.5 Å². The maximum Gasteiger partial charge on any atom is 0.0695 e. The first kappa shape index (κ1) is 11.5. The predicted octanol–water partition coefficient (Wildman–Crippen LogP) is 1.96. The van der Waals surface area contributed by atoms with E-state index in [2.05, 4.69) is 18.1 Å². The van der Waals surface area contributed by atoms with Crippen molar-refractivity contribution in [1.82, 2.24) is 4.90 Å². The lowest BCUT2D eigenvalue weighted by Gasteiger charge is -2.36. The van der Waals surface area contributed by atoms with E-state index >= 15 is 0 Å². The molecule has 0 heterocycles. The van der Waals surface area contributed by atoms with Crippen molar-refractivity contribution < 1.29 is 5.11 Å². The summed E-state index contributed by atoms with van der Waals surface area (Å²) in [7, 11) is 0. The second-order valence-electron chi connectivity index (χ2n) is 3.95. The smallest absolute Gasteiger partial charge is 0.0695 e. The van der Waals surface area contributed by atoms with Gasteiger partial charge < -0.3 is 5.11 Å². The summed E-state index contributed by atoms with van der Waals surface area (Å²) < 4.78 is 0. The summed E-state index contributed by atoms with van der Waals surface area (Å²) in [5.74, 6) is 0. The zero-order valence-electron chi connectivity index (χ0n) is 8.86. The summed E-state index contributed by atoms with van der Waals surface area (Å²) in [6, 6.07) is 0.305. The number of rotatable bonds is 5. The number of hydrogen-bond donors (Lipinski definition) is 1. The number of nitrogens with zero attached hydrogens (tertiary/aromatic N) is 1. The second kappa shape index (κ2) is 5.99. The van der Waals surface area contributed by atoms with Crippen molar-refractivity contribution >= 4 is 0 Å². The summed E-state index contributed by atoms with van der Waals surface area (Å²) in [5.41, 5.74) is 0. The minimum Gasteiger partial charge on any atom is -0.391 e. The van der Waals surface area contributed by atoms with E-state index in [0.29, 0.717) is 6.04 Å². The van der Waals surface area contributed by atoms with E-state index in [1.54, 1.807) is 0 Å². The fraction of sp³-hybridized carbons (Fsp3) is 0.667. The molecule has 0 aromatic carbocycles. The van der Waals surface area contributed by atoms with Gasteiger partial charge in [0.25, 0.3) is 0 Å². The fourth-order valence-corrected chi connectivity index (χ4v) is 2.19. The molecule has 0 bridgehead atoms. The van der Waals surface area contributed by atoms with Crippen molar-refractivity contribution in [3.63, 3.8) is 0 Å². The third-order valence-corrected chi connectivity index (χ3v) is 2.89. The van der Waals surface area contributed by atoms with Gasteiger partial charge in [-0.1, -0.05) is 25.0 Å². The molecule has 0 aromatic heterocycles. The molecule has 0 radical (unpaired) electrons. The zero-order valence-corrected chi connectivity index (χ0v) is 8.86. The highest BCUT2D eigenvalue weighted by Crippen LogP contribution is 2.23. The molecule has 1 aliphatic carbocycles. The summed E-state index contributed by atoms with van der Waals surface area (Å²) in [5, 5.41) is 9.88. The van der Waals surface area contributed by atoms with Crippen LogP contribution in [0.4, 0.5) is 0 Å². The maximum atomic E-state index is 9.88. The molecule has 1 fully saturated rings. The van der Waals surface area contributed by atoms with Crippen LogP contribution in [0.5, 0.6) is 0 Å². The minimum absolute atomic E-state index is 0.163. The van der Waals surface area contributed by atoms with E-state index in [4.69, 9.17) is 0 Å². The number of aliphatic hydroxyl groups excluding tert-OH is 1. The van der Waals surface area contributed by atoms with Crippen LogP contribution in [0.1, 0.15) is 25.7 Å². The van der Waals surface area contributed by atoms with Crippen molar-refractivity contribution in [2.24, 2.45) is 0 Å². The Bertz CT molecular complexity index is 181. The number of hydrogen-bond acceptors (Lipinski definition) is 2. The van der Waals surface area contributed by atoms with Crippen molar-refractivity contribution in [3.8, 4) is 0 Å². The third-order valence-electron chi connectivity index (χ3n) is 2.89. The van der Waals surface area contributed by atoms with Crippen LogP contribution in [-0.2, 0) is 0 Å². The summed E-state index contributed by atoms with van der Waals surface area (Å²) in [6.45, 7) is 9.17. The largest absolute Gasteiger partial charge is 0.391 e. The van der Waals surface area contributed by atoms with Gasteiger partial charge in [-0.3, -0.25) is 4.90 Å². The molecule has 1 rings (SSSR count). The van der Waals surface area contributed by atoms with Gasteiger partial charge in [-0.15, -0.1) is 13.2 Å². The van der Waals surface area contributed by atoms with Crippen LogP contribution in [-0.4, -0.2) is 35.2 Å². The van der Waals surface area contributed by atoms with Crippen molar-refractivity contribution in [2.45, 2.75) is 37.8 Å². The van der Waals surface area contributed by atoms with E-state index in [-0.39, 0.29) is 6.10 Å². The van der Waals surface area contributed by atoms with Crippen molar-refractivity contribution in [3.05, 3.63) is 25.3 Å². The summed E-state index contributed by atoms with van der Waals surface area (Å²) in [4.78, 5) is 2.25. The van der Waals surface area contributed by atoms with Crippen molar-refractivity contribution in [2.75, 3.05) is 13.1 Å². The molecular weight excluding hydrogens is 174 g/mol. The Kier molecular flexibility index (Phi) is 4.91. The van der Waals surface area contributed by atoms with Gasteiger partial charge >= 0.3 is 0 Å². The van der Waals surface area contributed by atoms with Crippen molar-refractivity contribution in [1.29, 1.82) is 0 Å². The Morgan fingerprint density at radius 3 is 2.21 bits per heavy atom. The van der Waals surface area contributed by atoms with E-state index in [1.165, 1.54) is 6.42 Å². The Labute approximate surface area is 86.9 Å². The first-order valence-corrected chi connectivity index (χ1v) is 5.43. The Morgan fingerprint density at radius 1 is 1.14 bits per heavy atom. The molecule has 1 aliphatic rings. The van der Waals surface area contributed by atoms with Gasteiger partial charge in [0.1, 0.15) is 0 Å². The average Bonchev–Trinajstić information content (AvgIpc) is 2.18. The molecule has 0 saturated heterocycles. The molecule has 2 heteroatoms. The van der Waals surface area contributed by atoms with Gasteiger partial charge in [-0.2, -0.15) is 0 Å². The monoisotopic (exact) mass is 195 g/mol. The van der Waals surface area contributed by atoms with Gasteiger partial charge in [-0.25, -0.2) is 0 Å². The molecule has 2 atom stereocenters. The molecule has 2 nitrogen and oxygen atoms in total. The molecule has 1 N–H and O–H groups in total. The van der Waals surface area contributed by atoms with Crippen LogP contribution in [0.3, 0.4) is 0 Å². The quantitative estimate of drug-likeness (QED) is 0.678. The molecule has 14 heavy (non-hydrogen) atoms. The van der Waals surface area contributed by atoms with Gasteiger partial charge in [-0.05, 0) is 12.8 Å². The maximum absolute atomic E-state index is 9.88. The SMILES string of the molecule is C=CCN(CC=C)C1CCCCC1O. The lowest BCUT2D eigenvalue weighted by atomic mass is 9.91. The molecule has 80 valence electrons. The first-order valence-electron chi connectivity index (χ1n) is 5.43. The van der Waals surface area contributed by atoms with E-state index < -0.39 is 0 Å². The van der Waals surface area contributed by atoms with Crippen LogP contribution < -0.4 is 0 Å². The lowest BCUT2D eigenvalue weighted by molar-refractivity contribution is 0.0306. The van der Waals surface area contributed by atoms with Crippen LogP contribution >= 0.6 is 0 Å². The Hall–Kier alpha value is -0.600. The van der Waals surface area contributed by atoms with Crippen LogP contribution in [0.15, 0.2) is 25.3 Å². The van der Waals surface area contributed by atoms with Gasteiger partial charge in [0, 0.05) is 19.1 Å². The molecule has 2 unspecified atom stereocenters. The van der Waals surface area contributed by atoms with E-state index in [1.807, 2.05) is 12.2 Å². The zero-order chi connectivity index (χ0) is 10.4. The highest BCUT2D eigenvalue weighted by Gasteiger charge is 2.27. The van der Waals surface area contributed by atoms with Gasteiger partial charge in [0.15, 0.2) is 0 Å². The molecule has 0 aromatic rings.